The van der Waals surface area contributed by atoms with E-state index in [1.807, 2.05) is 0 Å². The van der Waals surface area contributed by atoms with Crippen LogP contribution in [-0.4, -0.2) is 36.7 Å². The third kappa shape index (κ3) is 6.54. The van der Waals surface area contributed by atoms with Gasteiger partial charge in [0.05, 0.1) is 0 Å². The molecule has 0 radical (unpaired) electrons. The Kier molecular flexibility index (Phi) is 4.93. The SMILES string of the molecule is CC(C)(C)OC(=O)N1CCC/C(=C\[B-](F)(F)F)CC1. The van der Waals surface area contributed by atoms with E-state index in [2.05, 4.69) is 0 Å². The normalized spacial score (nSPS) is 20.3. The van der Waals surface area contributed by atoms with Crippen molar-refractivity contribution in [2.75, 3.05) is 13.1 Å². The van der Waals surface area contributed by atoms with E-state index in [9.17, 15) is 17.7 Å². The van der Waals surface area contributed by atoms with E-state index >= 15 is 0 Å². The molecule has 0 aromatic heterocycles. The van der Waals surface area contributed by atoms with Crippen molar-refractivity contribution in [2.24, 2.45) is 0 Å². The molecule has 1 rings (SSSR count). The maximum absolute atomic E-state index is 12.3. The lowest BCUT2D eigenvalue weighted by atomic mass is 9.86. The lowest BCUT2D eigenvalue weighted by Crippen LogP contribution is -2.37. The van der Waals surface area contributed by atoms with E-state index in [0.717, 1.165) is 0 Å². The zero-order chi connectivity index (χ0) is 14.7. The second-order valence-electron chi connectivity index (χ2n) is 5.77. The van der Waals surface area contributed by atoms with Gasteiger partial charge in [-0.25, -0.2) is 4.79 Å². The van der Waals surface area contributed by atoms with Gasteiger partial charge >= 0.3 is 13.1 Å². The maximum atomic E-state index is 12.3. The molecule has 0 aromatic rings. The van der Waals surface area contributed by atoms with E-state index in [1.165, 1.54) is 4.90 Å². The lowest BCUT2D eigenvalue weighted by molar-refractivity contribution is 0.0258. The molecule has 0 atom stereocenters. The molecule has 0 spiro atoms. The fourth-order valence-electron chi connectivity index (χ4n) is 1.96. The minimum atomic E-state index is -4.90. The van der Waals surface area contributed by atoms with Crippen molar-refractivity contribution in [1.29, 1.82) is 0 Å². The van der Waals surface area contributed by atoms with E-state index in [1.54, 1.807) is 20.8 Å². The Labute approximate surface area is 111 Å². The fraction of sp³-hybridized carbons (Fsp3) is 0.750. The van der Waals surface area contributed by atoms with Crippen LogP contribution < -0.4 is 0 Å². The Balaban J connectivity index is 2.60. The molecule has 19 heavy (non-hydrogen) atoms. The Morgan fingerprint density at radius 1 is 1.26 bits per heavy atom. The molecule has 1 amide bonds. The molecular formula is C12H20BF3NO2-. The van der Waals surface area contributed by atoms with Crippen LogP contribution in [0.25, 0.3) is 0 Å². The fourth-order valence-corrected chi connectivity index (χ4v) is 1.96. The van der Waals surface area contributed by atoms with Crippen molar-refractivity contribution < 1.29 is 22.5 Å². The van der Waals surface area contributed by atoms with Gasteiger partial charge in [0, 0.05) is 13.1 Å². The van der Waals surface area contributed by atoms with Gasteiger partial charge in [0.15, 0.2) is 0 Å². The van der Waals surface area contributed by atoms with Crippen molar-refractivity contribution in [2.45, 2.75) is 45.6 Å². The number of carbonyl (C=O) groups excluding carboxylic acids is 1. The Morgan fingerprint density at radius 3 is 2.42 bits per heavy atom. The number of amides is 1. The van der Waals surface area contributed by atoms with E-state index < -0.39 is 18.7 Å². The van der Waals surface area contributed by atoms with Crippen LogP contribution in [0.1, 0.15) is 40.0 Å². The van der Waals surface area contributed by atoms with E-state index in [4.69, 9.17) is 4.74 Å². The standard InChI is InChI=1S/C12H20BF3NO2/c1-12(2,3)19-11(18)17-7-4-5-10(6-8-17)9-13(14,15)16/h9H,4-8H2,1-3H3/q-1/b10-9+. The zero-order valence-corrected chi connectivity index (χ0v) is 11.6. The summed E-state index contributed by atoms with van der Waals surface area (Å²) in [6.45, 7) is 1.12. The van der Waals surface area contributed by atoms with Crippen molar-refractivity contribution in [3.05, 3.63) is 11.5 Å². The first-order valence-electron chi connectivity index (χ1n) is 6.45. The van der Waals surface area contributed by atoms with Crippen LogP contribution in [0.4, 0.5) is 17.7 Å². The Bertz CT molecular complexity index is 361. The average Bonchev–Trinajstić information content (AvgIpc) is 2.38. The minimum absolute atomic E-state index is 0.264. The monoisotopic (exact) mass is 278 g/mol. The minimum Gasteiger partial charge on any atom is -0.445 e. The second kappa shape index (κ2) is 5.88. The van der Waals surface area contributed by atoms with Gasteiger partial charge in [0.25, 0.3) is 0 Å². The molecule has 1 heterocycles. The van der Waals surface area contributed by atoms with Crippen LogP contribution in [0, 0.1) is 0 Å². The highest BCUT2D eigenvalue weighted by Gasteiger charge is 2.25. The molecule has 0 unspecified atom stereocenters. The second-order valence-corrected chi connectivity index (χ2v) is 5.77. The van der Waals surface area contributed by atoms with Gasteiger partial charge in [-0.1, -0.05) is 0 Å². The predicted molar refractivity (Wildman–Crippen MR) is 68.8 cm³/mol. The summed E-state index contributed by atoms with van der Waals surface area (Å²) in [5.74, 6) is 0.415. The largest absolute Gasteiger partial charge is 0.502 e. The molecule has 110 valence electrons. The van der Waals surface area contributed by atoms with Gasteiger partial charge < -0.3 is 22.6 Å². The van der Waals surface area contributed by atoms with Crippen LogP contribution in [0.3, 0.4) is 0 Å². The highest BCUT2D eigenvalue weighted by atomic mass is 19.4. The summed E-state index contributed by atoms with van der Waals surface area (Å²) in [6, 6.07) is 0. The number of halogens is 3. The summed E-state index contributed by atoms with van der Waals surface area (Å²) >= 11 is 0. The smallest absolute Gasteiger partial charge is 0.445 e. The highest BCUT2D eigenvalue weighted by Crippen LogP contribution is 2.22. The van der Waals surface area contributed by atoms with E-state index in [0.29, 0.717) is 30.9 Å². The number of nitrogens with zero attached hydrogens (tertiary/aromatic N) is 1. The molecule has 1 saturated heterocycles. The average molecular weight is 278 g/mol. The molecule has 1 aliphatic heterocycles. The topological polar surface area (TPSA) is 29.5 Å². The van der Waals surface area contributed by atoms with Gasteiger partial charge in [-0.2, -0.15) is 0 Å². The zero-order valence-electron chi connectivity index (χ0n) is 11.6. The molecule has 3 nitrogen and oxygen atoms in total. The molecule has 0 N–H and O–H groups in total. The first-order chi connectivity index (χ1) is 8.57. The third-order valence-electron chi connectivity index (χ3n) is 2.71. The predicted octanol–water partition coefficient (Wildman–Crippen LogP) is 3.72. The molecule has 0 bridgehead atoms. The van der Waals surface area contributed by atoms with Gasteiger partial charge in [-0.15, -0.1) is 11.5 Å². The maximum Gasteiger partial charge on any atom is 0.502 e. The molecule has 0 aromatic carbocycles. The van der Waals surface area contributed by atoms with Crippen LogP contribution in [0.5, 0.6) is 0 Å². The van der Waals surface area contributed by atoms with Gasteiger partial charge in [-0.3, -0.25) is 0 Å². The highest BCUT2D eigenvalue weighted by molar-refractivity contribution is 6.64. The summed E-state index contributed by atoms with van der Waals surface area (Å²) in [4.78, 5) is 13.3. The van der Waals surface area contributed by atoms with Crippen molar-refractivity contribution in [3.63, 3.8) is 0 Å². The van der Waals surface area contributed by atoms with E-state index in [-0.39, 0.29) is 13.0 Å². The molecule has 0 aliphatic carbocycles. The number of likely N-dealkylation sites (tertiary alicyclic amines) is 1. The van der Waals surface area contributed by atoms with Crippen molar-refractivity contribution >= 4 is 13.1 Å². The van der Waals surface area contributed by atoms with Crippen LogP contribution in [-0.2, 0) is 4.74 Å². The number of hydrogen-bond donors (Lipinski definition) is 0. The van der Waals surface area contributed by atoms with Gasteiger partial charge in [0.1, 0.15) is 5.60 Å². The lowest BCUT2D eigenvalue weighted by Gasteiger charge is -2.26. The van der Waals surface area contributed by atoms with Crippen LogP contribution in [0.15, 0.2) is 11.5 Å². The summed E-state index contributed by atoms with van der Waals surface area (Å²) in [6.07, 6.45) is 0.740. The van der Waals surface area contributed by atoms with Gasteiger partial charge in [0.2, 0.25) is 0 Å². The van der Waals surface area contributed by atoms with Crippen molar-refractivity contribution in [1.82, 2.24) is 4.90 Å². The van der Waals surface area contributed by atoms with Crippen LogP contribution >= 0.6 is 0 Å². The summed E-state index contributed by atoms with van der Waals surface area (Å²) < 4.78 is 42.2. The van der Waals surface area contributed by atoms with Crippen molar-refractivity contribution in [3.8, 4) is 0 Å². The quantitative estimate of drug-likeness (QED) is 0.684. The first-order valence-corrected chi connectivity index (χ1v) is 6.45. The number of hydrogen-bond acceptors (Lipinski definition) is 2. The molecule has 1 aliphatic rings. The molecular weight excluding hydrogens is 258 g/mol. The number of ether oxygens (including phenoxy) is 1. The Hall–Kier alpha value is -1.14. The molecule has 1 fully saturated rings. The first kappa shape index (κ1) is 15.9. The van der Waals surface area contributed by atoms with Crippen LogP contribution in [0.2, 0.25) is 0 Å². The summed E-state index contributed by atoms with van der Waals surface area (Å²) in [5.41, 5.74) is -0.213. The summed E-state index contributed by atoms with van der Waals surface area (Å²) in [7, 11) is 0. The number of carbonyl (C=O) groups is 1. The summed E-state index contributed by atoms with van der Waals surface area (Å²) in [5, 5.41) is 0. The molecule has 7 heteroatoms. The number of rotatable bonds is 1. The molecule has 0 saturated carbocycles. The Morgan fingerprint density at radius 2 is 1.89 bits per heavy atom. The third-order valence-corrected chi connectivity index (χ3v) is 2.71. The van der Waals surface area contributed by atoms with Gasteiger partial charge in [-0.05, 0) is 40.0 Å².